The molecular weight excluding hydrogens is 283 g/mol. The van der Waals surface area contributed by atoms with Crippen LogP contribution in [0.1, 0.15) is 0 Å². The molecule has 0 saturated carbocycles. The Morgan fingerprint density at radius 1 is 1.56 bits per heavy atom. The Kier molecular flexibility index (Phi) is 4.30. The molecule has 0 fully saturated rings. The molecule has 0 aliphatic rings. The van der Waals surface area contributed by atoms with Crippen molar-refractivity contribution in [3.05, 3.63) is 40.5 Å². The van der Waals surface area contributed by atoms with Gasteiger partial charge in [-0.25, -0.2) is 9.18 Å². The van der Waals surface area contributed by atoms with Crippen LogP contribution >= 0.6 is 15.9 Å². The summed E-state index contributed by atoms with van der Waals surface area (Å²) >= 11 is 2.95. The third-order valence-electron chi connectivity index (χ3n) is 1.64. The van der Waals surface area contributed by atoms with Crippen LogP contribution in [0.4, 0.5) is 4.39 Å². The van der Waals surface area contributed by atoms with Crippen molar-refractivity contribution in [2.45, 2.75) is 0 Å². The van der Waals surface area contributed by atoms with E-state index in [1.54, 1.807) is 0 Å². The van der Waals surface area contributed by atoms with E-state index in [9.17, 15) is 9.18 Å². The predicted molar refractivity (Wildman–Crippen MR) is 57.5 cm³/mol. The summed E-state index contributed by atoms with van der Waals surface area (Å²) in [5, 5.41) is 8.75. The van der Waals surface area contributed by atoms with Crippen LogP contribution in [-0.4, -0.2) is 18.2 Å². The van der Waals surface area contributed by atoms with E-state index in [4.69, 9.17) is 9.84 Å². The van der Waals surface area contributed by atoms with Gasteiger partial charge in [0.05, 0.1) is 11.6 Å². The number of benzene rings is 1. The first-order chi connectivity index (χ1) is 7.60. The third-order valence-corrected chi connectivity index (χ3v) is 2.41. The van der Waals surface area contributed by atoms with E-state index in [2.05, 4.69) is 20.7 Å². The molecule has 1 rings (SSSR count). The van der Waals surface area contributed by atoms with Gasteiger partial charge in [0, 0.05) is 0 Å². The Bertz CT molecular complexity index is 431. The number of carbonyl (C=O) groups is 1. The predicted octanol–water partition coefficient (Wildman–Crippen LogP) is 2.54. The fourth-order valence-corrected chi connectivity index (χ4v) is 1.25. The zero-order chi connectivity index (χ0) is 12.1. The van der Waals surface area contributed by atoms with Gasteiger partial charge in [0.1, 0.15) is 17.8 Å². The summed E-state index contributed by atoms with van der Waals surface area (Å²) < 4.78 is 22.5. The molecule has 6 heteroatoms. The van der Waals surface area contributed by atoms with Crippen LogP contribution in [0.15, 0.2) is 34.7 Å². The highest BCUT2D eigenvalue weighted by Gasteiger charge is 2.15. The van der Waals surface area contributed by atoms with Gasteiger partial charge in [0.15, 0.2) is 0 Å². The van der Waals surface area contributed by atoms with E-state index in [1.165, 1.54) is 18.2 Å². The normalized spacial score (nSPS) is 11.1. The lowest BCUT2D eigenvalue weighted by Crippen LogP contribution is -2.11. The first-order valence-electron chi connectivity index (χ1n) is 4.14. The standard InChI is InChI=1S/C10H8BrFO4/c1-15-10(14)8(5-13)16-7-4-2-3-6(12)9(7)11/h2-5,13H,1H3. The number of rotatable bonds is 3. The van der Waals surface area contributed by atoms with Gasteiger partial charge in [-0.3, -0.25) is 0 Å². The van der Waals surface area contributed by atoms with Crippen molar-refractivity contribution in [3.63, 3.8) is 0 Å². The van der Waals surface area contributed by atoms with Gasteiger partial charge >= 0.3 is 5.97 Å². The average molecular weight is 291 g/mol. The minimum Gasteiger partial charge on any atom is -0.511 e. The Morgan fingerprint density at radius 3 is 2.81 bits per heavy atom. The Hall–Kier alpha value is -1.56. The van der Waals surface area contributed by atoms with E-state index >= 15 is 0 Å². The van der Waals surface area contributed by atoms with Crippen molar-refractivity contribution in [2.24, 2.45) is 0 Å². The fraction of sp³-hybridized carbons (Fsp3) is 0.100. The third kappa shape index (κ3) is 2.73. The monoisotopic (exact) mass is 290 g/mol. The lowest BCUT2D eigenvalue weighted by molar-refractivity contribution is -0.138. The highest BCUT2D eigenvalue weighted by Crippen LogP contribution is 2.28. The maximum absolute atomic E-state index is 13.1. The first kappa shape index (κ1) is 12.5. The van der Waals surface area contributed by atoms with Gasteiger partial charge in [0.2, 0.25) is 5.76 Å². The van der Waals surface area contributed by atoms with Gasteiger partial charge in [0.25, 0.3) is 0 Å². The van der Waals surface area contributed by atoms with Crippen molar-refractivity contribution in [2.75, 3.05) is 7.11 Å². The largest absolute Gasteiger partial charge is 0.511 e. The molecule has 1 aromatic rings. The molecule has 4 nitrogen and oxygen atoms in total. The van der Waals surface area contributed by atoms with Crippen molar-refractivity contribution >= 4 is 21.9 Å². The van der Waals surface area contributed by atoms with E-state index < -0.39 is 17.5 Å². The summed E-state index contributed by atoms with van der Waals surface area (Å²) in [6.07, 6.45) is 0.448. The van der Waals surface area contributed by atoms with Crippen LogP contribution in [-0.2, 0) is 9.53 Å². The summed E-state index contributed by atoms with van der Waals surface area (Å²) in [6.45, 7) is 0. The molecule has 0 saturated heterocycles. The molecule has 1 N–H and O–H groups in total. The molecule has 0 radical (unpaired) electrons. The molecule has 16 heavy (non-hydrogen) atoms. The quantitative estimate of drug-likeness (QED) is 0.528. The summed E-state index contributed by atoms with van der Waals surface area (Å²) in [6, 6.07) is 4.05. The van der Waals surface area contributed by atoms with Gasteiger partial charge in [-0.15, -0.1) is 0 Å². The van der Waals surface area contributed by atoms with Gasteiger partial charge < -0.3 is 14.6 Å². The Balaban J connectivity index is 2.96. The number of carbonyl (C=O) groups excluding carboxylic acids is 1. The minimum absolute atomic E-state index is 0.0539. The van der Waals surface area contributed by atoms with E-state index in [1.807, 2.05) is 0 Å². The number of ether oxygens (including phenoxy) is 2. The molecule has 0 bridgehead atoms. The number of aliphatic hydroxyl groups excluding tert-OH is 1. The van der Waals surface area contributed by atoms with Gasteiger partial charge in [-0.05, 0) is 28.1 Å². The maximum atomic E-state index is 13.1. The molecule has 0 aromatic heterocycles. The summed E-state index contributed by atoms with van der Waals surface area (Å²) in [5.74, 6) is -1.78. The molecule has 0 spiro atoms. The molecular formula is C10H8BrFO4. The summed E-state index contributed by atoms with van der Waals surface area (Å²) in [5.41, 5.74) is 0. The minimum atomic E-state index is -0.862. The van der Waals surface area contributed by atoms with Gasteiger partial charge in [-0.1, -0.05) is 6.07 Å². The second-order valence-corrected chi connectivity index (χ2v) is 3.43. The Labute approximate surface area is 99.4 Å². The van der Waals surface area contributed by atoms with Crippen LogP contribution in [0.25, 0.3) is 0 Å². The highest BCUT2D eigenvalue weighted by atomic mass is 79.9. The second-order valence-electron chi connectivity index (χ2n) is 2.64. The lowest BCUT2D eigenvalue weighted by Gasteiger charge is -2.08. The van der Waals surface area contributed by atoms with Crippen molar-refractivity contribution in [1.82, 2.24) is 0 Å². The first-order valence-corrected chi connectivity index (χ1v) is 4.94. The topological polar surface area (TPSA) is 55.8 Å². The number of methoxy groups -OCH3 is 1. The molecule has 0 atom stereocenters. The van der Waals surface area contributed by atoms with Crippen LogP contribution < -0.4 is 4.74 Å². The highest BCUT2D eigenvalue weighted by molar-refractivity contribution is 9.10. The van der Waals surface area contributed by atoms with Crippen LogP contribution in [0, 0.1) is 5.82 Å². The van der Waals surface area contributed by atoms with Crippen molar-refractivity contribution < 1.29 is 23.8 Å². The molecule has 0 heterocycles. The summed E-state index contributed by atoms with van der Waals surface area (Å²) in [4.78, 5) is 11.1. The van der Waals surface area contributed by atoms with Crippen molar-refractivity contribution in [1.29, 1.82) is 0 Å². The van der Waals surface area contributed by atoms with Gasteiger partial charge in [-0.2, -0.15) is 0 Å². The second kappa shape index (κ2) is 5.50. The van der Waals surface area contributed by atoms with E-state index in [0.717, 1.165) is 7.11 Å². The lowest BCUT2D eigenvalue weighted by atomic mass is 10.3. The molecule has 86 valence electrons. The van der Waals surface area contributed by atoms with Crippen LogP contribution in [0.3, 0.4) is 0 Å². The zero-order valence-electron chi connectivity index (χ0n) is 8.24. The number of aliphatic hydroxyl groups is 1. The number of esters is 1. The number of hydrogen-bond acceptors (Lipinski definition) is 4. The van der Waals surface area contributed by atoms with Crippen LogP contribution in [0.2, 0.25) is 0 Å². The molecule has 1 aromatic carbocycles. The fourth-order valence-electron chi connectivity index (χ4n) is 0.903. The molecule has 0 unspecified atom stereocenters. The summed E-state index contributed by atoms with van der Waals surface area (Å²) in [7, 11) is 1.13. The number of hydrogen-bond donors (Lipinski definition) is 1. The molecule has 0 amide bonds. The Morgan fingerprint density at radius 2 is 2.25 bits per heavy atom. The molecule has 0 aliphatic heterocycles. The SMILES string of the molecule is COC(=O)C(=CO)Oc1cccc(F)c1Br. The smallest absolute Gasteiger partial charge is 0.377 e. The number of halogens is 2. The van der Waals surface area contributed by atoms with E-state index in [0.29, 0.717) is 6.26 Å². The van der Waals surface area contributed by atoms with Crippen molar-refractivity contribution in [3.8, 4) is 5.75 Å². The molecule has 0 aliphatic carbocycles. The van der Waals surface area contributed by atoms with E-state index in [-0.39, 0.29) is 10.2 Å². The average Bonchev–Trinajstić information content (AvgIpc) is 2.30. The van der Waals surface area contributed by atoms with Crippen LogP contribution in [0.5, 0.6) is 5.75 Å². The maximum Gasteiger partial charge on any atom is 0.377 e. The zero-order valence-corrected chi connectivity index (χ0v) is 9.82.